The fourth-order valence-corrected chi connectivity index (χ4v) is 3.25. The molecule has 3 heteroatoms. The maximum Gasteiger partial charge on any atom is 0.117 e. The van der Waals surface area contributed by atoms with Crippen molar-refractivity contribution in [3.63, 3.8) is 0 Å². The Hall–Kier alpha value is -0.120. The minimum absolute atomic E-state index is 0.00112. The van der Waals surface area contributed by atoms with Gasteiger partial charge in [0.15, 0.2) is 0 Å². The lowest BCUT2D eigenvalue weighted by molar-refractivity contribution is -0.0938. The van der Waals surface area contributed by atoms with Crippen molar-refractivity contribution >= 4 is 0 Å². The molecule has 0 radical (unpaired) electrons. The average Bonchev–Trinajstić information content (AvgIpc) is 2.54. The van der Waals surface area contributed by atoms with E-state index in [0.717, 1.165) is 18.9 Å². The molecular weight excluding hydrogens is 212 g/mol. The van der Waals surface area contributed by atoms with E-state index in [1.165, 1.54) is 32.5 Å². The van der Waals surface area contributed by atoms with E-state index >= 15 is 0 Å². The molecule has 2 saturated heterocycles. The molecule has 100 valence electrons. The van der Waals surface area contributed by atoms with Gasteiger partial charge in [-0.05, 0) is 65.6 Å². The Labute approximate surface area is 106 Å². The van der Waals surface area contributed by atoms with E-state index in [-0.39, 0.29) is 11.3 Å². The summed E-state index contributed by atoms with van der Waals surface area (Å²) < 4.78 is 6.17. The molecule has 1 N–H and O–H groups in total. The van der Waals surface area contributed by atoms with Crippen LogP contribution >= 0.6 is 0 Å². The predicted octanol–water partition coefficient (Wildman–Crippen LogP) is 2.22. The van der Waals surface area contributed by atoms with Crippen molar-refractivity contribution in [2.24, 2.45) is 5.92 Å². The minimum Gasteiger partial charge on any atom is -0.354 e. The molecule has 1 atom stereocenters. The second-order valence-corrected chi connectivity index (χ2v) is 6.53. The molecule has 2 rings (SSSR count). The van der Waals surface area contributed by atoms with E-state index in [2.05, 4.69) is 37.9 Å². The number of nitrogens with zero attached hydrogens (tertiary/aromatic N) is 1. The SMILES string of the molecule is CCN1CCC(CC2(C)NCC(C)(C)O2)CC1. The summed E-state index contributed by atoms with van der Waals surface area (Å²) in [7, 11) is 0. The van der Waals surface area contributed by atoms with E-state index in [1.54, 1.807) is 0 Å². The van der Waals surface area contributed by atoms with Crippen LogP contribution in [0.1, 0.15) is 47.0 Å². The summed E-state index contributed by atoms with van der Waals surface area (Å²) in [5.74, 6) is 0.823. The molecule has 3 nitrogen and oxygen atoms in total. The largest absolute Gasteiger partial charge is 0.354 e. The van der Waals surface area contributed by atoms with Gasteiger partial charge in [-0.25, -0.2) is 0 Å². The Bertz CT molecular complexity index is 259. The molecule has 0 aromatic rings. The zero-order valence-corrected chi connectivity index (χ0v) is 11.9. The third kappa shape index (κ3) is 3.43. The fourth-order valence-electron chi connectivity index (χ4n) is 3.25. The molecule has 2 aliphatic heterocycles. The van der Waals surface area contributed by atoms with E-state index in [4.69, 9.17) is 4.74 Å². The van der Waals surface area contributed by atoms with E-state index in [1.807, 2.05) is 0 Å². The molecule has 1 unspecified atom stereocenters. The summed E-state index contributed by atoms with van der Waals surface area (Å²) in [4.78, 5) is 2.55. The van der Waals surface area contributed by atoms with Crippen LogP contribution in [0.4, 0.5) is 0 Å². The highest BCUT2D eigenvalue weighted by molar-refractivity contribution is 4.91. The highest BCUT2D eigenvalue weighted by Crippen LogP contribution is 2.33. The number of hydrogen-bond acceptors (Lipinski definition) is 3. The first-order valence-corrected chi connectivity index (χ1v) is 7.10. The number of rotatable bonds is 3. The second-order valence-electron chi connectivity index (χ2n) is 6.53. The van der Waals surface area contributed by atoms with Gasteiger partial charge in [-0.1, -0.05) is 6.92 Å². The Kier molecular flexibility index (Phi) is 3.81. The van der Waals surface area contributed by atoms with Crippen LogP contribution in [-0.2, 0) is 4.74 Å². The van der Waals surface area contributed by atoms with Gasteiger partial charge in [-0.15, -0.1) is 0 Å². The molecule has 0 aromatic carbocycles. The molecule has 17 heavy (non-hydrogen) atoms. The van der Waals surface area contributed by atoms with Crippen molar-refractivity contribution in [1.29, 1.82) is 0 Å². The van der Waals surface area contributed by atoms with Crippen LogP contribution in [0.2, 0.25) is 0 Å². The molecular formula is C14H28N2O. The van der Waals surface area contributed by atoms with Gasteiger partial charge < -0.3 is 9.64 Å². The summed E-state index contributed by atoms with van der Waals surface area (Å²) in [5.41, 5.74) is -0.0958. The Morgan fingerprint density at radius 3 is 2.35 bits per heavy atom. The number of likely N-dealkylation sites (tertiary alicyclic amines) is 1. The van der Waals surface area contributed by atoms with Gasteiger partial charge in [-0.2, -0.15) is 0 Å². The fraction of sp³-hybridized carbons (Fsp3) is 1.00. The standard InChI is InChI=1S/C14H28N2O/c1-5-16-8-6-12(7-9-16)10-14(4)15-11-13(2,3)17-14/h12,15H,5-11H2,1-4H3. The monoisotopic (exact) mass is 240 g/mol. The summed E-state index contributed by atoms with van der Waals surface area (Å²) in [6.45, 7) is 13.5. The van der Waals surface area contributed by atoms with Crippen molar-refractivity contribution < 1.29 is 4.74 Å². The minimum atomic E-state index is -0.0947. The van der Waals surface area contributed by atoms with Gasteiger partial charge in [0.1, 0.15) is 5.72 Å². The quantitative estimate of drug-likeness (QED) is 0.818. The lowest BCUT2D eigenvalue weighted by Crippen LogP contribution is -2.42. The highest BCUT2D eigenvalue weighted by Gasteiger charge is 2.41. The van der Waals surface area contributed by atoms with Crippen LogP contribution in [-0.4, -0.2) is 42.4 Å². The van der Waals surface area contributed by atoms with Crippen molar-refractivity contribution in [3.8, 4) is 0 Å². The molecule has 0 aliphatic carbocycles. The number of nitrogens with one attached hydrogen (secondary N) is 1. The van der Waals surface area contributed by atoms with Gasteiger partial charge in [0.25, 0.3) is 0 Å². The zero-order valence-electron chi connectivity index (χ0n) is 11.9. The molecule has 0 bridgehead atoms. The summed E-state index contributed by atoms with van der Waals surface area (Å²) >= 11 is 0. The maximum absolute atomic E-state index is 6.17. The zero-order chi connectivity index (χ0) is 12.5. The van der Waals surface area contributed by atoms with Crippen molar-refractivity contribution in [2.75, 3.05) is 26.2 Å². The van der Waals surface area contributed by atoms with Gasteiger partial charge in [0.05, 0.1) is 5.60 Å². The molecule has 0 aromatic heterocycles. The third-order valence-electron chi connectivity index (χ3n) is 4.22. The first-order valence-electron chi connectivity index (χ1n) is 7.10. The molecule has 0 amide bonds. The van der Waals surface area contributed by atoms with Crippen molar-refractivity contribution in [3.05, 3.63) is 0 Å². The predicted molar refractivity (Wildman–Crippen MR) is 71.0 cm³/mol. The lowest BCUT2D eigenvalue weighted by atomic mass is 9.89. The normalized spacial score (nSPS) is 35.3. The summed E-state index contributed by atoms with van der Waals surface area (Å²) in [6, 6.07) is 0. The topological polar surface area (TPSA) is 24.5 Å². The van der Waals surface area contributed by atoms with E-state index in [9.17, 15) is 0 Å². The van der Waals surface area contributed by atoms with Crippen molar-refractivity contribution in [1.82, 2.24) is 10.2 Å². The van der Waals surface area contributed by atoms with E-state index in [0.29, 0.717) is 0 Å². The van der Waals surface area contributed by atoms with Crippen LogP contribution < -0.4 is 5.32 Å². The Balaban J connectivity index is 1.82. The molecule has 2 aliphatic rings. The third-order valence-corrected chi connectivity index (χ3v) is 4.22. The number of piperidine rings is 1. The van der Waals surface area contributed by atoms with Crippen LogP contribution in [0, 0.1) is 5.92 Å². The Morgan fingerprint density at radius 1 is 1.24 bits per heavy atom. The van der Waals surface area contributed by atoms with Crippen molar-refractivity contribution in [2.45, 2.75) is 58.3 Å². The van der Waals surface area contributed by atoms with E-state index < -0.39 is 0 Å². The van der Waals surface area contributed by atoms with Gasteiger partial charge >= 0.3 is 0 Å². The molecule has 0 saturated carbocycles. The van der Waals surface area contributed by atoms with Gasteiger partial charge in [-0.3, -0.25) is 5.32 Å². The van der Waals surface area contributed by atoms with Gasteiger partial charge in [0, 0.05) is 6.54 Å². The average molecular weight is 240 g/mol. The van der Waals surface area contributed by atoms with Crippen LogP contribution in [0.5, 0.6) is 0 Å². The lowest BCUT2D eigenvalue weighted by Gasteiger charge is -2.36. The molecule has 2 heterocycles. The number of hydrogen-bond donors (Lipinski definition) is 1. The van der Waals surface area contributed by atoms with Crippen LogP contribution in [0.3, 0.4) is 0 Å². The first-order chi connectivity index (χ1) is 7.92. The summed E-state index contributed by atoms with van der Waals surface area (Å²) in [5, 5.41) is 3.56. The first kappa shape index (κ1) is 13.3. The molecule has 2 fully saturated rings. The maximum atomic E-state index is 6.17. The van der Waals surface area contributed by atoms with Crippen LogP contribution in [0.25, 0.3) is 0 Å². The van der Waals surface area contributed by atoms with Crippen LogP contribution in [0.15, 0.2) is 0 Å². The summed E-state index contributed by atoms with van der Waals surface area (Å²) in [6.07, 6.45) is 3.82. The molecule has 0 spiro atoms. The smallest absolute Gasteiger partial charge is 0.117 e. The van der Waals surface area contributed by atoms with Gasteiger partial charge in [0.2, 0.25) is 0 Å². The Morgan fingerprint density at radius 2 is 1.88 bits per heavy atom. The number of ether oxygens (including phenoxy) is 1. The second kappa shape index (κ2) is 4.87. The highest BCUT2D eigenvalue weighted by atomic mass is 16.5.